The van der Waals surface area contributed by atoms with Gasteiger partial charge in [-0.25, -0.2) is 0 Å². The molecule has 1 saturated heterocycles. The van der Waals surface area contributed by atoms with Gasteiger partial charge < -0.3 is 9.64 Å². The van der Waals surface area contributed by atoms with Gasteiger partial charge in [0.2, 0.25) is 5.91 Å². The lowest BCUT2D eigenvalue weighted by Crippen LogP contribution is -2.41. The quantitative estimate of drug-likeness (QED) is 0.768. The number of nitrogens with zero attached hydrogens (tertiary/aromatic N) is 4. The van der Waals surface area contributed by atoms with E-state index in [1.165, 1.54) is 17.3 Å². The Balaban J connectivity index is 1.76. The third-order valence-corrected chi connectivity index (χ3v) is 5.07. The first-order chi connectivity index (χ1) is 12.1. The Hall–Kier alpha value is -1.86. The topological polar surface area (TPSA) is 60.3 Å². The van der Waals surface area contributed by atoms with Crippen LogP contribution in [-0.2, 0) is 9.53 Å². The Morgan fingerprint density at radius 1 is 1.28 bits per heavy atom. The molecule has 6 nitrogen and oxygen atoms in total. The number of hydrogen-bond donors (Lipinski definition) is 0. The molecule has 1 aromatic carbocycles. The molecule has 25 heavy (non-hydrogen) atoms. The van der Waals surface area contributed by atoms with Crippen LogP contribution in [-0.4, -0.2) is 57.6 Å². The molecule has 1 aromatic heterocycles. The first-order valence-corrected chi connectivity index (χ1v) is 9.55. The van der Waals surface area contributed by atoms with E-state index in [9.17, 15) is 4.79 Å². The van der Waals surface area contributed by atoms with Crippen LogP contribution in [0.1, 0.15) is 25.5 Å². The van der Waals surface area contributed by atoms with Crippen molar-refractivity contribution in [2.75, 3.05) is 32.1 Å². The zero-order chi connectivity index (χ0) is 17.8. The molecule has 2 aromatic rings. The summed E-state index contributed by atoms with van der Waals surface area (Å²) >= 11 is 1.45. The molecule has 3 rings (SSSR count). The van der Waals surface area contributed by atoms with Crippen LogP contribution in [0.3, 0.4) is 0 Å². The van der Waals surface area contributed by atoms with Crippen molar-refractivity contribution in [3.05, 3.63) is 29.8 Å². The molecule has 0 N–H and O–H groups in total. The van der Waals surface area contributed by atoms with E-state index < -0.39 is 0 Å². The smallest absolute Gasteiger partial charge is 0.233 e. The van der Waals surface area contributed by atoms with Crippen molar-refractivity contribution >= 4 is 17.7 Å². The molecule has 7 heteroatoms. The zero-order valence-corrected chi connectivity index (χ0v) is 15.8. The fourth-order valence-electron chi connectivity index (χ4n) is 2.85. The zero-order valence-electron chi connectivity index (χ0n) is 14.9. The number of rotatable bonds is 5. The van der Waals surface area contributed by atoms with E-state index in [1.54, 1.807) is 0 Å². The average molecular weight is 360 g/mol. The van der Waals surface area contributed by atoms with E-state index in [2.05, 4.69) is 47.7 Å². The van der Waals surface area contributed by atoms with Gasteiger partial charge in [0, 0.05) is 24.7 Å². The Kier molecular flexibility index (Phi) is 5.75. The van der Waals surface area contributed by atoms with Gasteiger partial charge >= 0.3 is 0 Å². The highest BCUT2D eigenvalue weighted by Gasteiger charge is 2.21. The normalized spacial score (nSPS) is 15.0. The number of aromatic nitrogens is 3. The second-order valence-electron chi connectivity index (χ2n) is 6.42. The highest BCUT2D eigenvalue weighted by molar-refractivity contribution is 7.99. The van der Waals surface area contributed by atoms with Crippen molar-refractivity contribution in [2.45, 2.75) is 32.0 Å². The van der Waals surface area contributed by atoms with Crippen LogP contribution in [0.5, 0.6) is 0 Å². The number of morpholine rings is 1. The Labute approximate surface area is 152 Å². The molecular formula is C18H24N4O2S. The summed E-state index contributed by atoms with van der Waals surface area (Å²) in [6, 6.07) is 8.46. The van der Waals surface area contributed by atoms with E-state index in [0.717, 1.165) is 16.5 Å². The van der Waals surface area contributed by atoms with E-state index in [4.69, 9.17) is 4.74 Å². The number of aryl methyl sites for hydroxylation is 1. The number of benzene rings is 1. The fourth-order valence-corrected chi connectivity index (χ4v) is 3.82. The van der Waals surface area contributed by atoms with Gasteiger partial charge in [0.15, 0.2) is 11.0 Å². The number of carbonyl (C=O) groups is 1. The van der Waals surface area contributed by atoms with Crippen molar-refractivity contribution in [1.82, 2.24) is 19.7 Å². The first-order valence-electron chi connectivity index (χ1n) is 8.56. The van der Waals surface area contributed by atoms with Crippen LogP contribution >= 0.6 is 11.8 Å². The fraction of sp³-hybridized carbons (Fsp3) is 0.500. The molecule has 0 radical (unpaired) electrons. The number of thioether (sulfide) groups is 1. The van der Waals surface area contributed by atoms with E-state index in [-0.39, 0.29) is 11.9 Å². The summed E-state index contributed by atoms with van der Waals surface area (Å²) in [4.78, 5) is 14.2. The average Bonchev–Trinajstić information content (AvgIpc) is 3.04. The van der Waals surface area contributed by atoms with Crippen molar-refractivity contribution in [1.29, 1.82) is 0 Å². The van der Waals surface area contributed by atoms with Crippen LogP contribution in [0.25, 0.3) is 11.4 Å². The molecule has 0 unspecified atom stereocenters. The third kappa shape index (κ3) is 4.22. The second kappa shape index (κ2) is 8.01. The summed E-state index contributed by atoms with van der Waals surface area (Å²) < 4.78 is 7.40. The summed E-state index contributed by atoms with van der Waals surface area (Å²) in [5.74, 6) is 1.35. The molecule has 0 saturated carbocycles. The summed E-state index contributed by atoms with van der Waals surface area (Å²) in [6.07, 6.45) is 0. The minimum atomic E-state index is 0.128. The van der Waals surface area contributed by atoms with Gasteiger partial charge in [0.05, 0.1) is 19.0 Å². The third-order valence-electron chi connectivity index (χ3n) is 4.15. The van der Waals surface area contributed by atoms with Gasteiger partial charge in [-0.3, -0.25) is 9.36 Å². The standard InChI is InChI=1S/C18H24N4O2S/c1-13(2)22-17(15-6-4-5-14(3)11-15)19-20-18(22)25-12-16(23)21-7-9-24-10-8-21/h4-6,11,13H,7-10,12H2,1-3H3. The number of hydrogen-bond acceptors (Lipinski definition) is 5. The molecule has 1 fully saturated rings. The monoisotopic (exact) mass is 360 g/mol. The molecule has 0 spiro atoms. The number of ether oxygens (including phenoxy) is 1. The number of carbonyl (C=O) groups excluding carboxylic acids is 1. The Morgan fingerprint density at radius 3 is 2.72 bits per heavy atom. The molecule has 1 aliphatic heterocycles. The minimum Gasteiger partial charge on any atom is -0.378 e. The molecule has 0 bridgehead atoms. The molecule has 0 aliphatic carbocycles. The van der Waals surface area contributed by atoms with Crippen molar-refractivity contribution in [3.63, 3.8) is 0 Å². The lowest BCUT2D eigenvalue weighted by Gasteiger charge is -2.26. The van der Waals surface area contributed by atoms with Gasteiger partial charge in [-0.2, -0.15) is 0 Å². The van der Waals surface area contributed by atoms with Gasteiger partial charge in [0.1, 0.15) is 0 Å². The van der Waals surface area contributed by atoms with Crippen LogP contribution in [0.15, 0.2) is 29.4 Å². The highest BCUT2D eigenvalue weighted by Crippen LogP contribution is 2.28. The van der Waals surface area contributed by atoms with Crippen molar-refractivity contribution in [2.24, 2.45) is 0 Å². The predicted octanol–water partition coefficient (Wildman–Crippen LogP) is 2.79. The lowest BCUT2D eigenvalue weighted by molar-refractivity contribution is -0.132. The van der Waals surface area contributed by atoms with E-state index in [0.29, 0.717) is 32.1 Å². The second-order valence-corrected chi connectivity index (χ2v) is 7.36. The molecular weight excluding hydrogens is 336 g/mol. The maximum atomic E-state index is 12.4. The summed E-state index contributed by atoms with van der Waals surface area (Å²) in [7, 11) is 0. The van der Waals surface area contributed by atoms with Gasteiger partial charge in [0.25, 0.3) is 0 Å². The van der Waals surface area contributed by atoms with Gasteiger partial charge in [-0.15, -0.1) is 10.2 Å². The first kappa shape index (κ1) is 17.9. The van der Waals surface area contributed by atoms with Crippen molar-refractivity contribution < 1.29 is 9.53 Å². The molecule has 134 valence electrons. The van der Waals surface area contributed by atoms with Crippen LogP contribution < -0.4 is 0 Å². The lowest BCUT2D eigenvalue weighted by atomic mass is 10.1. The van der Waals surface area contributed by atoms with Crippen LogP contribution in [0, 0.1) is 6.92 Å². The van der Waals surface area contributed by atoms with Gasteiger partial charge in [-0.05, 0) is 26.8 Å². The molecule has 0 atom stereocenters. The van der Waals surface area contributed by atoms with E-state index in [1.807, 2.05) is 17.0 Å². The van der Waals surface area contributed by atoms with E-state index >= 15 is 0 Å². The van der Waals surface area contributed by atoms with Crippen LogP contribution in [0.4, 0.5) is 0 Å². The van der Waals surface area contributed by atoms with Crippen molar-refractivity contribution in [3.8, 4) is 11.4 Å². The molecule has 1 aliphatic rings. The maximum Gasteiger partial charge on any atom is 0.233 e. The minimum absolute atomic E-state index is 0.128. The van der Waals surface area contributed by atoms with Gasteiger partial charge in [-0.1, -0.05) is 35.5 Å². The summed E-state index contributed by atoms with van der Waals surface area (Å²) in [6.45, 7) is 8.87. The number of amides is 1. The molecule has 2 heterocycles. The Morgan fingerprint density at radius 2 is 2.04 bits per heavy atom. The largest absolute Gasteiger partial charge is 0.378 e. The summed E-state index contributed by atoms with van der Waals surface area (Å²) in [5, 5.41) is 9.51. The highest BCUT2D eigenvalue weighted by atomic mass is 32.2. The van der Waals surface area contributed by atoms with Crippen LogP contribution in [0.2, 0.25) is 0 Å². The predicted molar refractivity (Wildman–Crippen MR) is 98.7 cm³/mol. The Bertz CT molecular complexity index is 738. The maximum absolute atomic E-state index is 12.4. The summed E-state index contributed by atoms with van der Waals surface area (Å²) in [5.41, 5.74) is 2.24. The SMILES string of the molecule is Cc1cccc(-c2nnc(SCC(=O)N3CCOCC3)n2C(C)C)c1. The molecule has 1 amide bonds.